The molecule has 0 saturated carbocycles. The Morgan fingerprint density at radius 1 is 1.21 bits per heavy atom. The predicted molar refractivity (Wildman–Crippen MR) is 112 cm³/mol. The van der Waals surface area contributed by atoms with Crippen LogP contribution < -0.4 is 5.32 Å². The van der Waals surface area contributed by atoms with Crippen molar-refractivity contribution in [3.8, 4) is 0 Å². The van der Waals surface area contributed by atoms with Crippen molar-refractivity contribution >= 4 is 41.3 Å². The topological polar surface area (TPSA) is 27.6 Å². The van der Waals surface area contributed by atoms with E-state index in [1.165, 1.54) is 10.9 Å². The van der Waals surface area contributed by atoms with Crippen molar-refractivity contribution in [2.75, 3.05) is 26.7 Å². The van der Waals surface area contributed by atoms with Gasteiger partial charge in [-0.2, -0.15) is 0 Å². The second-order valence-corrected chi connectivity index (χ2v) is 6.36. The number of halogens is 2. The van der Waals surface area contributed by atoms with Crippen LogP contribution in [0.15, 0.2) is 46.8 Å². The summed E-state index contributed by atoms with van der Waals surface area (Å²) < 4.78 is 13.6. The summed E-state index contributed by atoms with van der Waals surface area (Å²) in [4.78, 5) is 8.12. The van der Waals surface area contributed by atoms with Crippen molar-refractivity contribution in [2.24, 2.45) is 4.99 Å². The van der Waals surface area contributed by atoms with Crippen LogP contribution >= 0.6 is 35.3 Å². The molecule has 1 heterocycles. The highest BCUT2D eigenvalue weighted by Gasteiger charge is 2.06. The summed E-state index contributed by atoms with van der Waals surface area (Å²) in [6.07, 6.45) is 1.62. The van der Waals surface area contributed by atoms with Crippen LogP contribution in [0.2, 0.25) is 0 Å². The number of aliphatic imine (C=N–C) groups is 1. The van der Waals surface area contributed by atoms with Gasteiger partial charge in [-0.1, -0.05) is 24.3 Å². The first kappa shape index (κ1) is 20.9. The van der Waals surface area contributed by atoms with Crippen LogP contribution in [-0.2, 0) is 12.8 Å². The lowest BCUT2D eigenvalue weighted by atomic mass is 10.1. The van der Waals surface area contributed by atoms with Gasteiger partial charge in [0.15, 0.2) is 5.96 Å². The van der Waals surface area contributed by atoms with Gasteiger partial charge < -0.3 is 10.2 Å². The maximum atomic E-state index is 13.6. The Kier molecular flexibility index (Phi) is 9.94. The molecule has 0 aliphatic heterocycles. The van der Waals surface area contributed by atoms with E-state index in [1.54, 1.807) is 17.4 Å². The first-order valence-corrected chi connectivity index (χ1v) is 8.84. The molecule has 6 heteroatoms. The van der Waals surface area contributed by atoms with E-state index in [9.17, 15) is 4.39 Å². The molecule has 132 valence electrons. The normalized spacial score (nSPS) is 11.0. The lowest BCUT2D eigenvalue weighted by Gasteiger charge is -2.21. The van der Waals surface area contributed by atoms with Gasteiger partial charge >= 0.3 is 0 Å². The molecular weight excluding hydrogens is 436 g/mol. The quantitative estimate of drug-likeness (QED) is 0.381. The third-order valence-electron chi connectivity index (χ3n) is 3.57. The average molecular weight is 461 g/mol. The molecule has 0 aliphatic rings. The predicted octanol–water partition coefficient (Wildman–Crippen LogP) is 4.19. The number of hydrogen-bond donors (Lipinski definition) is 1. The molecule has 0 saturated heterocycles. The molecule has 0 radical (unpaired) electrons. The van der Waals surface area contributed by atoms with Crippen LogP contribution in [0.25, 0.3) is 0 Å². The summed E-state index contributed by atoms with van der Waals surface area (Å²) in [5.41, 5.74) is 0.716. The van der Waals surface area contributed by atoms with Crippen molar-refractivity contribution in [3.05, 3.63) is 58.0 Å². The minimum absolute atomic E-state index is 0. The molecule has 0 spiro atoms. The molecule has 0 atom stereocenters. The van der Waals surface area contributed by atoms with E-state index in [1.807, 2.05) is 19.2 Å². The second kappa shape index (κ2) is 11.4. The summed E-state index contributed by atoms with van der Waals surface area (Å²) in [5.74, 6) is 0.721. The lowest BCUT2D eigenvalue weighted by Crippen LogP contribution is -2.40. The van der Waals surface area contributed by atoms with Crippen LogP contribution in [0, 0.1) is 5.82 Å². The van der Waals surface area contributed by atoms with Gasteiger partial charge in [0.1, 0.15) is 5.82 Å². The Labute approximate surface area is 165 Å². The molecule has 1 aromatic heterocycles. The maximum Gasteiger partial charge on any atom is 0.193 e. The molecule has 1 N–H and O–H groups in total. The minimum atomic E-state index is -0.154. The van der Waals surface area contributed by atoms with Crippen molar-refractivity contribution in [1.82, 2.24) is 10.2 Å². The Morgan fingerprint density at radius 2 is 2.00 bits per heavy atom. The lowest BCUT2D eigenvalue weighted by molar-refractivity contribution is 0.486. The van der Waals surface area contributed by atoms with E-state index >= 15 is 0 Å². The zero-order valence-corrected chi connectivity index (χ0v) is 17.3. The van der Waals surface area contributed by atoms with Crippen LogP contribution in [0.5, 0.6) is 0 Å². The van der Waals surface area contributed by atoms with E-state index in [4.69, 9.17) is 0 Å². The van der Waals surface area contributed by atoms with Gasteiger partial charge in [0.05, 0.1) is 0 Å². The van der Waals surface area contributed by atoms with Crippen LogP contribution in [0.3, 0.4) is 0 Å². The molecule has 0 aliphatic carbocycles. The number of nitrogens with one attached hydrogen (secondary N) is 1. The van der Waals surface area contributed by atoms with Crippen molar-refractivity contribution in [2.45, 2.75) is 19.8 Å². The molecule has 0 bridgehead atoms. The van der Waals surface area contributed by atoms with E-state index < -0.39 is 0 Å². The second-order valence-electron chi connectivity index (χ2n) is 5.33. The van der Waals surface area contributed by atoms with E-state index in [-0.39, 0.29) is 29.8 Å². The largest absolute Gasteiger partial charge is 0.357 e. The maximum absolute atomic E-state index is 13.6. The highest BCUT2D eigenvalue weighted by molar-refractivity contribution is 14.0. The SMILES string of the molecule is CCNC(=NCCc1ccccc1F)N(C)CCc1cccs1.I. The highest BCUT2D eigenvalue weighted by Crippen LogP contribution is 2.10. The fraction of sp³-hybridized carbons (Fsp3) is 0.389. The summed E-state index contributed by atoms with van der Waals surface area (Å²) in [6, 6.07) is 11.1. The molecule has 2 aromatic rings. The number of thiophene rings is 1. The number of benzene rings is 1. The van der Waals surface area contributed by atoms with Crippen molar-refractivity contribution in [1.29, 1.82) is 0 Å². The number of nitrogens with zero attached hydrogens (tertiary/aromatic N) is 2. The number of hydrogen-bond acceptors (Lipinski definition) is 2. The molecule has 2 rings (SSSR count). The Balaban J connectivity index is 0.00000288. The summed E-state index contributed by atoms with van der Waals surface area (Å²) in [5, 5.41) is 5.40. The Bertz CT molecular complexity index is 616. The van der Waals surface area contributed by atoms with Gasteiger partial charge in [-0.25, -0.2) is 4.39 Å². The number of rotatable bonds is 7. The zero-order valence-electron chi connectivity index (χ0n) is 14.2. The van der Waals surface area contributed by atoms with Gasteiger partial charge in [-0.15, -0.1) is 35.3 Å². The monoisotopic (exact) mass is 461 g/mol. The smallest absolute Gasteiger partial charge is 0.193 e. The molecule has 0 unspecified atom stereocenters. The van der Waals surface area contributed by atoms with Gasteiger partial charge in [-0.05, 0) is 42.8 Å². The van der Waals surface area contributed by atoms with Crippen molar-refractivity contribution < 1.29 is 4.39 Å². The zero-order chi connectivity index (χ0) is 16.5. The van der Waals surface area contributed by atoms with E-state index in [0.717, 1.165) is 25.5 Å². The number of guanidine groups is 1. The fourth-order valence-electron chi connectivity index (χ4n) is 2.29. The third-order valence-corrected chi connectivity index (χ3v) is 4.51. The van der Waals surface area contributed by atoms with Crippen LogP contribution in [0.1, 0.15) is 17.4 Å². The average Bonchev–Trinajstić information content (AvgIpc) is 3.07. The molecular formula is C18H25FIN3S. The fourth-order valence-corrected chi connectivity index (χ4v) is 2.99. The first-order valence-electron chi connectivity index (χ1n) is 7.96. The molecule has 1 aromatic carbocycles. The van der Waals surface area contributed by atoms with E-state index in [0.29, 0.717) is 18.5 Å². The standard InChI is InChI=1S/C18H24FN3S.HI/c1-3-20-18(22(2)13-11-16-8-6-14-23-16)21-12-10-15-7-4-5-9-17(15)19;/h4-9,14H,3,10-13H2,1-2H3,(H,20,21);1H. The molecule has 24 heavy (non-hydrogen) atoms. The summed E-state index contributed by atoms with van der Waals surface area (Å²) >= 11 is 1.78. The third kappa shape index (κ3) is 6.76. The van der Waals surface area contributed by atoms with Crippen LogP contribution in [-0.4, -0.2) is 37.5 Å². The first-order chi connectivity index (χ1) is 11.2. The summed E-state index contributed by atoms with van der Waals surface area (Å²) in [7, 11) is 2.04. The van der Waals surface area contributed by atoms with E-state index in [2.05, 4.69) is 39.6 Å². The summed E-state index contributed by atoms with van der Waals surface area (Å²) in [6.45, 7) is 4.36. The van der Waals surface area contributed by atoms with Gasteiger partial charge in [-0.3, -0.25) is 4.99 Å². The minimum Gasteiger partial charge on any atom is -0.357 e. The van der Waals surface area contributed by atoms with Crippen molar-refractivity contribution in [3.63, 3.8) is 0 Å². The molecule has 3 nitrogen and oxygen atoms in total. The Hall–Kier alpha value is -1.15. The van der Waals surface area contributed by atoms with Gasteiger partial charge in [0, 0.05) is 31.6 Å². The highest BCUT2D eigenvalue weighted by atomic mass is 127. The van der Waals surface area contributed by atoms with Crippen LogP contribution in [0.4, 0.5) is 4.39 Å². The Morgan fingerprint density at radius 3 is 2.67 bits per heavy atom. The van der Waals surface area contributed by atoms with Gasteiger partial charge in [0.2, 0.25) is 0 Å². The van der Waals surface area contributed by atoms with Gasteiger partial charge in [0.25, 0.3) is 0 Å². The molecule has 0 fully saturated rings. The number of likely N-dealkylation sites (N-methyl/N-ethyl adjacent to an activating group) is 1. The molecule has 0 amide bonds.